The summed E-state index contributed by atoms with van der Waals surface area (Å²) in [6.45, 7) is 0.840. The molecular formula is C13H17N3O2. The van der Waals surface area contributed by atoms with Gasteiger partial charge in [-0.05, 0) is 43.4 Å². The predicted molar refractivity (Wildman–Crippen MR) is 66.4 cm³/mol. The van der Waals surface area contributed by atoms with E-state index in [1.807, 2.05) is 0 Å². The molecule has 3 rings (SSSR count). The molecule has 0 saturated heterocycles. The third-order valence-electron chi connectivity index (χ3n) is 3.90. The van der Waals surface area contributed by atoms with Gasteiger partial charge in [-0.2, -0.15) is 0 Å². The lowest BCUT2D eigenvalue weighted by Gasteiger charge is -2.17. The van der Waals surface area contributed by atoms with Crippen LogP contribution in [0.25, 0.3) is 0 Å². The van der Waals surface area contributed by atoms with Crippen LogP contribution in [-0.4, -0.2) is 27.6 Å². The van der Waals surface area contributed by atoms with Crippen molar-refractivity contribution in [3.63, 3.8) is 0 Å². The van der Waals surface area contributed by atoms with E-state index < -0.39 is 5.97 Å². The van der Waals surface area contributed by atoms with Crippen LogP contribution in [-0.2, 0) is 0 Å². The van der Waals surface area contributed by atoms with Crippen LogP contribution >= 0.6 is 0 Å². The zero-order chi connectivity index (χ0) is 12.5. The van der Waals surface area contributed by atoms with Gasteiger partial charge in [-0.3, -0.25) is 0 Å². The summed E-state index contributed by atoms with van der Waals surface area (Å²) in [5, 5.41) is 12.3. The Morgan fingerprint density at radius 1 is 1.39 bits per heavy atom. The molecular weight excluding hydrogens is 230 g/mol. The number of hydrogen-bond acceptors (Lipinski definition) is 4. The number of carbonyl (C=O) groups is 1. The average molecular weight is 247 g/mol. The van der Waals surface area contributed by atoms with Crippen molar-refractivity contribution in [2.45, 2.75) is 25.7 Å². The standard InChI is InChI=1S/C13H17N3O2/c17-13(18)11-5-14-7-16-12(11)15-6-10(8-1-2-8)9-3-4-9/h5,7-10H,1-4,6H2,(H,17,18)(H,14,15,16). The molecule has 1 heterocycles. The van der Waals surface area contributed by atoms with Gasteiger partial charge in [0.15, 0.2) is 0 Å². The molecule has 18 heavy (non-hydrogen) atoms. The molecule has 0 bridgehead atoms. The molecule has 0 radical (unpaired) electrons. The fraction of sp³-hybridized carbons (Fsp3) is 0.615. The number of carboxylic acids is 1. The summed E-state index contributed by atoms with van der Waals surface area (Å²) in [4.78, 5) is 18.8. The zero-order valence-electron chi connectivity index (χ0n) is 10.2. The molecule has 2 aliphatic carbocycles. The molecule has 5 nitrogen and oxygen atoms in total. The van der Waals surface area contributed by atoms with E-state index in [9.17, 15) is 4.79 Å². The lowest BCUT2D eigenvalue weighted by molar-refractivity contribution is 0.0697. The van der Waals surface area contributed by atoms with Crippen molar-refractivity contribution in [2.24, 2.45) is 17.8 Å². The highest BCUT2D eigenvalue weighted by atomic mass is 16.4. The second-order valence-electron chi connectivity index (χ2n) is 5.31. The second-order valence-corrected chi connectivity index (χ2v) is 5.31. The highest BCUT2D eigenvalue weighted by Crippen LogP contribution is 2.49. The van der Waals surface area contributed by atoms with Crippen molar-refractivity contribution in [1.82, 2.24) is 9.97 Å². The summed E-state index contributed by atoms with van der Waals surface area (Å²) in [6, 6.07) is 0. The predicted octanol–water partition coefficient (Wildman–Crippen LogP) is 2.02. The van der Waals surface area contributed by atoms with Crippen molar-refractivity contribution in [3.05, 3.63) is 18.1 Å². The van der Waals surface area contributed by atoms with Crippen LogP contribution in [0.1, 0.15) is 36.0 Å². The van der Waals surface area contributed by atoms with Crippen molar-refractivity contribution in [2.75, 3.05) is 11.9 Å². The topological polar surface area (TPSA) is 75.1 Å². The Labute approximate surface area is 106 Å². The Morgan fingerprint density at radius 2 is 2.06 bits per heavy atom. The fourth-order valence-corrected chi connectivity index (χ4v) is 2.61. The van der Waals surface area contributed by atoms with Crippen LogP contribution in [0.5, 0.6) is 0 Å². The molecule has 0 amide bonds. The largest absolute Gasteiger partial charge is 0.477 e. The minimum Gasteiger partial charge on any atom is -0.477 e. The van der Waals surface area contributed by atoms with E-state index in [2.05, 4.69) is 15.3 Å². The maximum Gasteiger partial charge on any atom is 0.341 e. The summed E-state index contributed by atoms with van der Waals surface area (Å²) in [5.41, 5.74) is 0.155. The Bertz CT molecular complexity index is 443. The third kappa shape index (κ3) is 2.44. The lowest BCUT2D eigenvalue weighted by atomic mass is 9.98. The lowest BCUT2D eigenvalue weighted by Crippen LogP contribution is -2.20. The van der Waals surface area contributed by atoms with Gasteiger partial charge in [0.25, 0.3) is 0 Å². The molecule has 0 aliphatic heterocycles. The maximum absolute atomic E-state index is 11.0. The normalized spacial score (nSPS) is 18.9. The van der Waals surface area contributed by atoms with Crippen molar-refractivity contribution in [1.29, 1.82) is 0 Å². The van der Waals surface area contributed by atoms with Crippen molar-refractivity contribution in [3.8, 4) is 0 Å². The van der Waals surface area contributed by atoms with Crippen molar-refractivity contribution >= 4 is 11.8 Å². The van der Waals surface area contributed by atoms with E-state index >= 15 is 0 Å². The molecule has 2 N–H and O–H groups in total. The number of carboxylic acid groups (broad SMARTS) is 1. The number of nitrogens with zero attached hydrogens (tertiary/aromatic N) is 2. The summed E-state index contributed by atoms with van der Waals surface area (Å²) >= 11 is 0. The summed E-state index contributed by atoms with van der Waals surface area (Å²) < 4.78 is 0. The average Bonchev–Trinajstić information content (AvgIpc) is 3.24. The molecule has 1 aromatic heterocycles. The fourth-order valence-electron chi connectivity index (χ4n) is 2.61. The van der Waals surface area contributed by atoms with Gasteiger partial charge in [0.1, 0.15) is 17.7 Å². The van der Waals surface area contributed by atoms with Crippen LogP contribution in [0.15, 0.2) is 12.5 Å². The number of rotatable bonds is 6. The van der Waals surface area contributed by atoms with Crippen LogP contribution in [0, 0.1) is 17.8 Å². The first-order chi connectivity index (χ1) is 8.75. The summed E-state index contributed by atoms with van der Waals surface area (Å²) in [5.74, 6) is 1.86. The molecule has 96 valence electrons. The summed E-state index contributed by atoms with van der Waals surface area (Å²) in [6.07, 6.45) is 8.06. The Hall–Kier alpha value is -1.65. The summed E-state index contributed by atoms with van der Waals surface area (Å²) in [7, 11) is 0. The van der Waals surface area contributed by atoms with Gasteiger partial charge in [0, 0.05) is 12.7 Å². The van der Waals surface area contributed by atoms with E-state index in [1.54, 1.807) is 0 Å². The Kier molecular flexibility index (Phi) is 2.89. The van der Waals surface area contributed by atoms with E-state index in [0.29, 0.717) is 11.7 Å². The van der Waals surface area contributed by atoms with Gasteiger partial charge in [-0.25, -0.2) is 14.8 Å². The van der Waals surface area contributed by atoms with Gasteiger partial charge < -0.3 is 10.4 Å². The zero-order valence-corrected chi connectivity index (χ0v) is 10.2. The molecule has 2 aliphatic rings. The second kappa shape index (κ2) is 4.55. The monoisotopic (exact) mass is 247 g/mol. The third-order valence-corrected chi connectivity index (χ3v) is 3.90. The molecule has 0 unspecified atom stereocenters. The molecule has 0 atom stereocenters. The molecule has 2 fully saturated rings. The molecule has 2 saturated carbocycles. The Morgan fingerprint density at radius 3 is 2.61 bits per heavy atom. The number of anilines is 1. The highest BCUT2D eigenvalue weighted by Gasteiger charge is 2.41. The molecule has 0 aromatic carbocycles. The number of nitrogens with one attached hydrogen (secondary N) is 1. The van der Waals surface area contributed by atoms with Gasteiger partial charge >= 0.3 is 5.97 Å². The molecule has 5 heteroatoms. The first kappa shape index (κ1) is 11.4. The molecule has 1 aromatic rings. The minimum atomic E-state index is -0.979. The first-order valence-electron chi connectivity index (χ1n) is 6.53. The first-order valence-corrected chi connectivity index (χ1v) is 6.53. The quantitative estimate of drug-likeness (QED) is 0.804. The Balaban J connectivity index is 1.66. The van der Waals surface area contributed by atoms with Crippen LogP contribution in [0.4, 0.5) is 5.82 Å². The van der Waals surface area contributed by atoms with E-state index in [4.69, 9.17) is 5.11 Å². The van der Waals surface area contributed by atoms with E-state index in [-0.39, 0.29) is 5.56 Å². The SMILES string of the molecule is O=C(O)c1cncnc1NCC(C1CC1)C1CC1. The van der Waals surface area contributed by atoms with Gasteiger partial charge in [-0.15, -0.1) is 0 Å². The molecule has 0 spiro atoms. The number of aromatic nitrogens is 2. The minimum absolute atomic E-state index is 0.155. The number of aromatic carboxylic acids is 1. The number of hydrogen-bond donors (Lipinski definition) is 2. The van der Waals surface area contributed by atoms with E-state index in [0.717, 1.165) is 18.4 Å². The van der Waals surface area contributed by atoms with Crippen molar-refractivity contribution < 1.29 is 9.90 Å². The smallest absolute Gasteiger partial charge is 0.341 e. The highest BCUT2D eigenvalue weighted by molar-refractivity contribution is 5.92. The van der Waals surface area contributed by atoms with Crippen LogP contribution in [0.2, 0.25) is 0 Å². The van der Waals surface area contributed by atoms with Crippen LogP contribution in [0.3, 0.4) is 0 Å². The van der Waals surface area contributed by atoms with Gasteiger partial charge in [0.05, 0.1) is 0 Å². The van der Waals surface area contributed by atoms with Gasteiger partial charge in [0.2, 0.25) is 0 Å². The maximum atomic E-state index is 11.0. The van der Waals surface area contributed by atoms with Gasteiger partial charge in [-0.1, -0.05) is 0 Å². The van der Waals surface area contributed by atoms with Crippen LogP contribution < -0.4 is 5.32 Å². The van der Waals surface area contributed by atoms with E-state index in [1.165, 1.54) is 38.2 Å².